The first-order valence-electron chi connectivity index (χ1n) is 6.73. The van der Waals surface area contributed by atoms with E-state index in [1.54, 1.807) is 0 Å². The highest BCUT2D eigenvalue weighted by Gasteiger charge is 2.33. The highest BCUT2D eigenvalue weighted by Crippen LogP contribution is 2.29. The van der Waals surface area contributed by atoms with Gasteiger partial charge in [-0.05, 0) is 31.1 Å². The molecule has 4 heteroatoms. The number of hydrogen-bond donors (Lipinski definition) is 1. The molecular weight excluding hydrogens is 214 g/mol. The summed E-state index contributed by atoms with van der Waals surface area (Å²) in [6, 6.07) is 0.628. The van der Waals surface area contributed by atoms with Gasteiger partial charge in [0.2, 0.25) is 0 Å². The van der Waals surface area contributed by atoms with Gasteiger partial charge in [0, 0.05) is 33.3 Å². The SMILES string of the molecule is CN=C(N[C@@H]1C[C@@H]1C)N(C)CCOCC1CC1. The van der Waals surface area contributed by atoms with E-state index in [9.17, 15) is 0 Å². The molecule has 98 valence electrons. The van der Waals surface area contributed by atoms with E-state index in [2.05, 4.69) is 29.2 Å². The summed E-state index contributed by atoms with van der Waals surface area (Å²) in [5, 5.41) is 3.47. The lowest BCUT2D eigenvalue weighted by Gasteiger charge is -2.22. The van der Waals surface area contributed by atoms with Gasteiger partial charge in [-0.15, -0.1) is 0 Å². The molecule has 2 saturated carbocycles. The van der Waals surface area contributed by atoms with Gasteiger partial charge in [-0.25, -0.2) is 0 Å². The van der Waals surface area contributed by atoms with Crippen LogP contribution in [0.4, 0.5) is 0 Å². The van der Waals surface area contributed by atoms with Crippen LogP contribution >= 0.6 is 0 Å². The zero-order chi connectivity index (χ0) is 12.3. The van der Waals surface area contributed by atoms with Crippen molar-refractivity contribution in [2.24, 2.45) is 16.8 Å². The fourth-order valence-electron chi connectivity index (χ4n) is 1.88. The van der Waals surface area contributed by atoms with Crippen molar-refractivity contribution in [3.8, 4) is 0 Å². The van der Waals surface area contributed by atoms with Gasteiger partial charge < -0.3 is 15.0 Å². The molecule has 2 rings (SSSR count). The Hall–Kier alpha value is -0.770. The predicted molar refractivity (Wildman–Crippen MR) is 70.2 cm³/mol. The first-order chi connectivity index (χ1) is 8.20. The Labute approximate surface area is 104 Å². The molecule has 0 saturated heterocycles. The van der Waals surface area contributed by atoms with E-state index in [1.165, 1.54) is 19.3 Å². The van der Waals surface area contributed by atoms with Crippen LogP contribution in [0, 0.1) is 11.8 Å². The Morgan fingerprint density at radius 2 is 2.18 bits per heavy atom. The summed E-state index contributed by atoms with van der Waals surface area (Å²) in [6.45, 7) is 4.92. The minimum absolute atomic E-state index is 0.628. The van der Waals surface area contributed by atoms with E-state index in [-0.39, 0.29) is 0 Å². The fraction of sp³-hybridized carbons (Fsp3) is 0.923. The number of ether oxygens (including phenoxy) is 1. The van der Waals surface area contributed by atoms with Gasteiger partial charge in [-0.3, -0.25) is 4.99 Å². The van der Waals surface area contributed by atoms with Crippen LogP contribution in [0.15, 0.2) is 4.99 Å². The summed E-state index contributed by atoms with van der Waals surface area (Å²) >= 11 is 0. The summed E-state index contributed by atoms with van der Waals surface area (Å²) in [6.07, 6.45) is 3.99. The Balaban J connectivity index is 1.59. The van der Waals surface area contributed by atoms with Gasteiger partial charge in [-0.1, -0.05) is 6.92 Å². The third-order valence-corrected chi connectivity index (χ3v) is 3.62. The third kappa shape index (κ3) is 4.19. The zero-order valence-electron chi connectivity index (χ0n) is 11.3. The highest BCUT2D eigenvalue weighted by molar-refractivity contribution is 5.80. The molecule has 0 bridgehead atoms. The average molecular weight is 239 g/mol. The molecule has 0 aromatic rings. The Morgan fingerprint density at radius 1 is 1.47 bits per heavy atom. The molecule has 4 nitrogen and oxygen atoms in total. The summed E-state index contributed by atoms with van der Waals surface area (Å²) in [5.74, 6) is 2.64. The molecule has 2 fully saturated rings. The maximum Gasteiger partial charge on any atom is 0.193 e. The Bertz CT molecular complexity index is 276. The summed E-state index contributed by atoms with van der Waals surface area (Å²) < 4.78 is 5.64. The second kappa shape index (κ2) is 5.71. The van der Waals surface area contributed by atoms with Gasteiger partial charge in [-0.2, -0.15) is 0 Å². The normalized spacial score (nSPS) is 28.1. The maximum absolute atomic E-state index is 5.64. The Kier molecular flexibility index (Phi) is 4.26. The van der Waals surface area contributed by atoms with Gasteiger partial charge in [0.05, 0.1) is 6.61 Å². The van der Waals surface area contributed by atoms with Crippen LogP contribution in [0.5, 0.6) is 0 Å². The van der Waals surface area contributed by atoms with Crippen molar-refractivity contribution >= 4 is 5.96 Å². The number of nitrogens with one attached hydrogen (secondary N) is 1. The van der Waals surface area contributed by atoms with E-state index < -0.39 is 0 Å². The number of guanidine groups is 1. The van der Waals surface area contributed by atoms with E-state index in [1.807, 2.05) is 7.05 Å². The third-order valence-electron chi connectivity index (χ3n) is 3.62. The molecule has 0 aromatic carbocycles. The number of rotatable bonds is 6. The van der Waals surface area contributed by atoms with Crippen molar-refractivity contribution in [3.63, 3.8) is 0 Å². The van der Waals surface area contributed by atoms with Crippen molar-refractivity contribution in [2.45, 2.75) is 32.2 Å². The quantitative estimate of drug-likeness (QED) is 0.431. The van der Waals surface area contributed by atoms with Crippen molar-refractivity contribution in [1.29, 1.82) is 0 Å². The fourth-order valence-corrected chi connectivity index (χ4v) is 1.88. The minimum atomic E-state index is 0.628. The van der Waals surface area contributed by atoms with Crippen LogP contribution in [-0.4, -0.2) is 50.8 Å². The van der Waals surface area contributed by atoms with Crippen LogP contribution in [0.1, 0.15) is 26.2 Å². The standard InChI is InChI=1S/C13H25N3O/c1-10-8-12(10)15-13(14-2)16(3)6-7-17-9-11-4-5-11/h10-12H,4-9H2,1-3H3,(H,14,15)/t10-,12+/m0/s1. The minimum Gasteiger partial charge on any atom is -0.379 e. The molecule has 17 heavy (non-hydrogen) atoms. The van der Waals surface area contributed by atoms with Gasteiger partial charge in [0.15, 0.2) is 5.96 Å². The molecule has 1 N–H and O–H groups in total. The molecule has 0 unspecified atom stereocenters. The molecular formula is C13H25N3O. The van der Waals surface area contributed by atoms with Gasteiger partial charge in [0.25, 0.3) is 0 Å². The smallest absolute Gasteiger partial charge is 0.193 e. The highest BCUT2D eigenvalue weighted by atomic mass is 16.5. The van der Waals surface area contributed by atoms with Crippen LogP contribution in [0.25, 0.3) is 0 Å². The second-order valence-electron chi connectivity index (χ2n) is 5.45. The van der Waals surface area contributed by atoms with E-state index >= 15 is 0 Å². The predicted octanol–water partition coefficient (Wildman–Crippen LogP) is 1.33. The molecule has 2 atom stereocenters. The average Bonchev–Trinajstić information content (AvgIpc) is 3.20. The Morgan fingerprint density at radius 3 is 2.71 bits per heavy atom. The summed E-state index contributed by atoms with van der Waals surface area (Å²) in [5.41, 5.74) is 0. The van der Waals surface area contributed by atoms with E-state index in [0.717, 1.165) is 37.6 Å². The molecule has 0 heterocycles. The molecule has 0 aliphatic heterocycles. The van der Waals surface area contributed by atoms with Crippen LogP contribution < -0.4 is 5.32 Å². The molecule has 2 aliphatic carbocycles. The number of nitrogens with zero attached hydrogens (tertiary/aromatic N) is 2. The summed E-state index contributed by atoms with van der Waals surface area (Å²) in [7, 11) is 3.92. The number of aliphatic imine (C=N–C) groups is 1. The lowest BCUT2D eigenvalue weighted by Crippen LogP contribution is -2.42. The molecule has 0 spiro atoms. The van der Waals surface area contributed by atoms with Crippen molar-refractivity contribution in [1.82, 2.24) is 10.2 Å². The zero-order valence-corrected chi connectivity index (χ0v) is 11.3. The largest absolute Gasteiger partial charge is 0.379 e. The molecule has 2 aliphatic rings. The number of hydrogen-bond acceptors (Lipinski definition) is 2. The lowest BCUT2D eigenvalue weighted by molar-refractivity contribution is 0.115. The first kappa shape index (κ1) is 12.7. The number of likely N-dealkylation sites (N-methyl/N-ethyl adjacent to an activating group) is 1. The molecule has 0 radical (unpaired) electrons. The van der Waals surface area contributed by atoms with Crippen LogP contribution in [0.2, 0.25) is 0 Å². The van der Waals surface area contributed by atoms with Crippen molar-refractivity contribution in [2.75, 3.05) is 33.9 Å². The molecule has 0 amide bonds. The monoisotopic (exact) mass is 239 g/mol. The molecule has 0 aromatic heterocycles. The van der Waals surface area contributed by atoms with Crippen molar-refractivity contribution in [3.05, 3.63) is 0 Å². The van der Waals surface area contributed by atoms with E-state index in [4.69, 9.17) is 4.74 Å². The van der Waals surface area contributed by atoms with Gasteiger partial charge >= 0.3 is 0 Å². The summed E-state index contributed by atoms with van der Waals surface area (Å²) in [4.78, 5) is 6.46. The van der Waals surface area contributed by atoms with Crippen LogP contribution in [-0.2, 0) is 4.74 Å². The topological polar surface area (TPSA) is 36.9 Å². The maximum atomic E-state index is 5.64. The van der Waals surface area contributed by atoms with Crippen molar-refractivity contribution < 1.29 is 4.74 Å². The van der Waals surface area contributed by atoms with Gasteiger partial charge in [0.1, 0.15) is 0 Å². The lowest BCUT2D eigenvalue weighted by atomic mass is 10.4. The van der Waals surface area contributed by atoms with Crippen LogP contribution in [0.3, 0.4) is 0 Å². The second-order valence-corrected chi connectivity index (χ2v) is 5.45. The van der Waals surface area contributed by atoms with E-state index in [0.29, 0.717) is 6.04 Å². The first-order valence-corrected chi connectivity index (χ1v) is 6.73.